The number of carbonyl (C=O) groups excluding carboxylic acids is 1. The fourth-order valence-electron chi connectivity index (χ4n) is 2.74. The molecule has 0 saturated heterocycles. The molecular weight excluding hydrogens is 282 g/mol. The van der Waals surface area contributed by atoms with Crippen LogP contribution in [0.4, 0.5) is 0 Å². The highest BCUT2D eigenvalue weighted by Gasteiger charge is 2.37. The van der Waals surface area contributed by atoms with Crippen molar-refractivity contribution in [2.45, 2.75) is 37.0 Å². The zero-order valence-corrected chi connectivity index (χ0v) is 12.8. The van der Waals surface area contributed by atoms with Gasteiger partial charge in [0.15, 0.2) is 9.84 Å². The first kappa shape index (κ1) is 14.5. The molecule has 1 saturated carbocycles. The predicted molar refractivity (Wildman–Crippen MR) is 77.3 cm³/mol. The minimum absolute atomic E-state index is 0.0736. The van der Waals surface area contributed by atoms with E-state index < -0.39 is 15.1 Å². The smallest absolute Gasteiger partial charge is 0.263 e. The topological polar surface area (TPSA) is 54.5 Å². The zero-order chi connectivity index (χ0) is 14.0. The second-order valence-corrected chi connectivity index (χ2v) is 8.33. The van der Waals surface area contributed by atoms with Crippen molar-refractivity contribution in [2.75, 3.05) is 13.3 Å². The molecule has 1 aromatic rings. The van der Waals surface area contributed by atoms with E-state index in [1.807, 2.05) is 11.4 Å². The van der Waals surface area contributed by atoms with E-state index in [0.717, 1.165) is 19.3 Å². The van der Waals surface area contributed by atoms with Gasteiger partial charge >= 0.3 is 0 Å². The van der Waals surface area contributed by atoms with Gasteiger partial charge < -0.3 is 4.90 Å². The highest BCUT2D eigenvalue weighted by Crippen LogP contribution is 2.28. The van der Waals surface area contributed by atoms with Crippen LogP contribution in [0.15, 0.2) is 17.5 Å². The van der Waals surface area contributed by atoms with Gasteiger partial charge in [0.2, 0.25) is 0 Å². The van der Waals surface area contributed by atoms with E-state index in [-0.39, 0.29) is 11.9 Å². The first-order chi connectivity index (χ1) is 8.91. The average molecular weight is 301 g/mol. The maximum atomic E-state index is 12.3. The molecule has 1 aromatic heterocycles. The average Bonchev–Trinajstić information content (AvgIpc) is 2.90. The minimum Gasteiger partial charge on any atom is -0.337 e. The molecular formula is C13H19NO3S2. The summed E-state index contributed by atoms with van der Waals surface area (Å²) in [6.07, 6.45) is 4.62. The molecule has 1 aliphatic carbocycles. The molecule has 6 heteroatoms. The van der Waals surface area contributed by atoms with Gasteiger partial charge in [-0.15, -0.1) is 11.3 Å². The van der Waals surface area contributed by atoms with Gasteiger partial charge in [0.1, 0.15) is 0 Å². The second kappa shape index (κ2) is 5.63. The number of rotatable bonds is 3. The molecule has 0 radical (unpaired) electrons. The Morgan fingerprint density at radius 1 is 1.37 bits per heavy atom. The molecule has 0 bridgehead atoms. The summed E-state index contributed by atoms with van der Waals surface area (Å²) in [6, 6.07) is 3.42. The van der Waals surface area contributed by atoms with Crippen LogP contribution in [0.3, 0.4) is 0 Å². The third kappa shape index (κ3) is 3.17. The first-order valence-electron chi connectivity index (χ1n) is 6.41. The van der Waals surface area contributed by atoms with Crippen molar-refractivity contribution in [3.63, 3.8) is 0 Å². The van der Waals surface area contributed by atoms with Crippen molar-refractivity contribution >= 4 is 27.1 Å². The molecule has 0 unspecified atom stereocenters. The van der Waals surface area contributed by atoms with E-state index in [1.54, 1.807) is 18.0 Å². The van der Waals surface area contributed by atoms with E-state index in [1.165, 1.54) is 17.6 Å². The Hall–Kier alpha value is -0.880. The highest BCUT2D eigenvalue weighted by molar-refractivity contribution is 7.91. The van der Waals surface area contributed by atoms with Crippen LogP contribution in [0, 0.1) is 0 Å². The van der Waals surface area contributed by atoms with Crippen LogP contribution in [0.25, 0.3) is 0 Å². The number of carbonyl (C=O) groups is 1. The lowest BCUT2D eigenvalue weighted by Gasteiger charge is -2.36. The van der Waals surface area contributed by atoms with E-state index in [4.69, 9.17) is 0 Å². The van der Waals surface area contributed by atoms with Crippen LogP contribution in [0.5, 0.6) is 0 Å². The van der Waals surface area contributed by atoms with E-state index in [0.29, 0.717) is 11.3 Å². The highest BCUT2D eigenvalue weighted by atomic mass is 32.2. The lowest BCUT2D eigenvalue weighted by Crippen LogP contribution is -2.49. The number of thiophene rings is 1. The standard InChI is InChI=1S/C13H19NO3S2/c1-14(13(15)11-7-5-9-18-11)10-6-3-4-8-12(10)19(2,16)17/h5,7,9-10,12H,3-4,6,8H2,1-2H3/t10-,12-/m1/s1. The third-order valence-electron chi connectivity index (χ3n) is 3.77. The van der Waals surface area contributed by atoms with E-state index >= 15 is 0 Å². The molecule has 2 atom stereocenters. The lowest BCUT2D eigenvalue weighted by molar-refractivity contribution is 0.0705. The summed E-state index contributed by atoms with van der Waals surface area (Å²) in [6.45, 7) is 0. The Balaban J connectivity index is 2.21. The largest absolute Gasteiger partial charge is 0.337 e. The molecule has 0 N–H and O–H groups in total. The van der Waals surface area contributed by atoms with Gasteiger partial charge in [-0.2, -0.15) is 0 Å². The van der Waals surface area contributed by atoms with Crippen LogP contribution < -0.4 is 0 Å². The predicted octanol–water partition coefficient (Wildman–Crippen LogP) is 2.18. The first-order valence-corrected chi connectivity index (χ1v) is 9.24. The summed E-state index contributed by atoms with van der Waals surface area (Å²) in [5, 5.41) is 1.44. The summed E-state index contributed by atoms with van der Waals surface area (Å²) in [5.74, 6) is -0.0736. The Kier molecular flexibility index (Phi) is 4.30. The van der Waals surface area contributed by atoms with Crippen LogP contribution >= 0.6 is 11.3 Å². The minimum atomic E-state index is -3.11. The van der Waals surface area contributed by atoms with E-state index in [2.05, 4.69) is 0 Å². The molecule has 19 heavy (non-hydrogen) atoms. The molecule has 0 spiro atoms. The normalized spacial score (nSPS) is 24.1. The van der Waals surface area contributed by atoms with Gasteiger partial charge in [0.05, 0.1) is 10.1 Å². The van der Waals surface area contributed by atoms with Crippen molar-refractivity contribution in [1.29, 1.82) is 0 Å². The monoisotopic (exact) mass is 301 g/mol. The Morgan fingerprint density at radius 2 is 2.05 bits per heavy atom. The molecule has 2 rings (SSSR count). The Labute approximate surface area is 118 Å². The molecule has 1 amide bonds. The molecule has 106 valence electrons. The lowest BCUT2D eigenvalue weighted by atomic mass is 9.93. The molecule has 0 aromatic carbocycles. The van der Waals surface area contributed by atoms with Gasteiger partial charge in [0.25, 0.3) is 5.91 Å². The van der Waals surface area contributed by atoms with Crippen LogP contribution in [-0.4, -0.2) is 43.8 Å². The molecule has 4 nitrogen and oxygen atoms in total. The maximum Gasteiger partial charge on any atom is 0.263 e. The van der Waals surface area contributed by atoms with Crippen molar-refractivity contribution in [1.82, 2.24) is 4.90 Å². The van der Waals surface area contributed by atoms with E-state index in [9.17, 15) is 13.2 Å². The number of nitrogens with zero attached hydrogens (tertiary/aromatic N) is 1. The van der Waals surface area contributed by atoms with Gasteiger partial charge in [0, 0.05) is 19.3 Å². The summed E-state index contributed by atoms with van der Waals surface area (Å²) >= 11 is 1.39. The number of amides is 1. The van der Waals surface area contributed by atoms with Crippen LogP contribution in [0.2, 0.25) is 0 Å². The third-order valence-corrected chi connectivity index (χ3v) is 6.28. The summed E-state index contributed by atoms with van der Waals surface area (Å²) < 4.78 is 23.7. The maximum absolute atomic E-state index is 12.3. The zero-order valence-electron chi connectivity index (χ0n) is 11.2. The molecule has 1 aliphatic rings. The summed E-state index contributed by atoms with van der Waals surface area (Å²) in [4.78, 5) is 14.6. The molecule has 0 aliphatic heterocycles. The second-order valence-electron chi connectivity index (χ2n) is 5.11. The van der Waals surface area contributed by atoms with Gasteiger partial charge in [-0.1, -0.05) is 18.9 Å². The summed E-state index contributed by atoms with van der Waals surface area (Å²) in [5.41, 5.74) is 0. The van der Waals surface area contributed by atoms with Gasteiger partial charge in [-0.25, -0.2) is 8.42 Å². The van der Waals surface area contributed by atoms with Crippen LogP contribution in [0.1, 0.15) is 35.4 Å². The fourth-order valence-corrected chi connectivity index (χ4v) is 4.93. The van der Waals surface area contributed by atoms with Crippen molar-refractivity contribution in [3.05, 3.63) is 22.4 Å². The molecule has 1 heterocycles. The van der Waals surface area contributed by atoms with Crippen molar-refractivity contribution < 1.29 is 13.2 Å². The van der Waals surface area contributed by atoms with Crippen LogP contribution in [-0.2, 0) is 9.84 Å². The number of hydrogen-bond acceptors (Lipinski definition) is 4. The summed E-state index contributed by atoms with van der Waals surface area (Å²) in [7, 11) is -1.39. The van der Waals surface area contributed by atoms with Gasteiger partial charge in [-0.3, -0.25) is 4.79 Å². The Morgan fingerprint density at radius 3 is 2.63 bits per heavy atom. The fraction of sp³-hybridized carbons (Fsp3) is 0.615. The van der Waals surface area contributed by atoms with Crippen molar-refractivity contribution in [2.24, 2.45) is 0 Å². The quantitative estimate of drug-likeness (QED) is 0.860. The molecule has 1 fully saturated rings. The SMILES string of the molecule is CN(C(=O)c1cccs1)[C@@H]1CCCC[C@H]1S(C)(=O)=O. The van der Waals surface area contributed by atoms with Crippen molar-refractivity contribution in [3.8, 4) is 0 Å². The number of hydrogen-bond donors (Lipinski definition) is 0. The Bertz CT molecular complexity index is 536. The number of sulfone groups is 1. The van der Waals surface area contributed by atoms with Gasteiger partial charge in [-0.05, 0) is 24.3 Å².